The van der Waals surface area contributed by atoms with Crippen LogP contribution in [0.5, 0.6) is 5.75 Å². The number of carbonyl (C=O) groups is 1. The van der Waals surface area contributed by atoms with Crippen LogP contribution in [0.3, 0.4) is 0 Å². The lowest BCUT2D eigenvalue weighted by atomic mass is 10.1. The molecule has 0 radical (unpaired) electrons. The van der Waals surface area contributed by atoms with E-state index in [4.69, 9.17) is 9.47 Å². The first kappa shape index (κ1) is 16.1. The number of nitrogens with zero attached hydrogens (tertiary/aromatic N) is 2. The molecule has 1 aromatic carbocycles. The molecular weight excluding hydrogens is 306 g/mol. The predicted molar refractivity (Wildman–Crippen MR) is 79.1 cm³/mol. The van der Waals surface area contributed by atoms with E-state index in [1.807, 2.05) is 4.90 Å². The van der Waals surface area contributed by atoms with Crippen LogP contribution in [0.15, 0.2) is 12.1 Å². The van der Waals surface area contributed by atoms with Gasteiger partial charge in [-0.2, -0.15) is 0 Å². The molecule has 0 aromatic heterocycles. The lowest BCUT2D eigenvalue weighted by molar-refractivity contribution is -0.133. The second-order valence-electron chi connectivity index (χ2n) is 6.07. The van der Waals surface area contributed by atoms with Crippen molar-refractivity contribution in [3.63, 3.8) is 0 Å². The maximum atomic E-state index is 14.2. The van der Waals surface area contributed by atoms with Crippen LogP contribution in [0.2, 0.25) is 0 Å². The monoisotopic (exact) mass is 326 g/mol. The topological polar surface area (TPSA) is 42.0 Å². The highest BCUT2D eigenvalue weighted by Crippen LogP contribution is 2.27. The van der Waals surface area contributed by atoms with E-state index in [9.17, 15) is 13.6 Å². The summed E-state index contributed by atoms with van der Waals surface area (Å²) in [6.07, 6.45) is 0. The molecule has 2 aliphatic heterocycles. The first-order valence-corrected chi connectivity index (χ1v) is 7.59. The zero-order valence-electron chi connectivity index (χ0n) is 13.2. The molecular formula is C16H20F2N2O3. The zero-order chi connectivity index (χ0) is 16.6. The van der Waals surface area contributed by atoms with E-state index in [0.29, 0.717) is 32.1 Å². The average molecular weight is 326 g/mol. The van der Waals surface area contributed by atoms with Gasteiger partial charge in [-0.1, -0.05) is 0 Å². The summed E-state index contributed by atoms with van der Waals surface area (Å²) in [4.78, 5) is 16.0. The van der Waals surface area contributed by atoms with E-state index in [2.05, 4.69) is 0 Å². The van der Waals surface area contributed by atoms with E-state index >= 15 is 0 Å². The molecule has 0 spiro atoms. The standard InChI is InChI=1S/C16H20F2N2O3/c1-19-11-6-20(5-10(16(19)21)8-23-9-11)7-12-14(22-2)4-3-13(17)15(12)18/h3-4,10-11H,5-9H2,1-2H3/t10-,11+/m1/s1. The highest BCUT2D eigenvalue weighted by Gasteiger charge is 2.37. The Hall–Kier alpha value is -1.73. The molecule has 23 heavy (non-hydrogen) atoms. The van der Waals surface area contributed by atoms with Gasteiger partial charge in [0.15, 0.2) is 11.6 Å². The minimum absolute atomic E-state index is 0.0432. The molecule has 2 aliphatic rings. The van der Waals surface area contributed by atoms with Crippen molar-refractivity contribution >= 4 is 5.91 Å². The first-order valence-electron chi connectivity index (χ1n) is 7.59. The second kappa shape index (κ2) is 6.41. The zero-order valence-corrected chi connectivity index (χ0v) is 13.2. The fourth-order valence-corrected chi connectivity index (χ4v) is 3.25. The van der Waals surface area contributed by atoms with Crippen molar-refractivity contribution in [3.05, 3.63) is 29.3 Å². The number of rotatable bonds is 3. The van der Waals surface area contributed by atoms with Crippen molar-refractivity contribution < 1.29 is 23.0 Å². The molecule has 0 saturated carbocycles. The molecule has 0 N–H and O–H groups in total. The van der Waals surface area contributed by atoms with Gasteiger partial charge in [-0.3, -0.25) is 9.69 Å². The van der Waals surface area contributed by atoms with Gasteiger partial charge in [-0.25, -0.2) is 8.78 Å². The number of ether oxygens (including phenoxy) is 2. The maximum Gasteiger partial charge on any atom is 0.229 e. The van der Waals surface area contributed by atoms with Crippen LogP contribution in [0.1, 0.15) is 5.56 Å². The SMILES string of the molecule is COc1ccc(F)c(F)c1CN1C[C@@H]2COC[C@H](C1)N(C)C2=O. The molecule has 2 fully saturated rings. The molecule has 1 aromatic rings. The highest BCUT2D eigenvalue weighted by atomic mass is 19.2. The first-order chi connectivity index (χ1) is 11.0. The number of fused-ring (bicyclic) bond motifs is 3. The number of hydrogen-bond acceptors (Lipinski definition) is 4. The fourth-order valence-electron chi connectivity index (χ4n) is 3.25. The summed E-state index contributed by atoms with van der Waals surface area (Å²) < 4.78 is 38.4. The molecule has 3 rings (SSSR count). The second-order valence-corrected chi connectivity index (χ2v) is 6.07. The maximum absolute atomic E-state index is 14.2. The van der Waals surface area contributed by atoms with Gasteiger partial charge in [-0.15, -0.1) is 0 Å². The molecule has 7 heteroatoms. The van der Waals surface area contributed by atoms with Gasteiger partial charge in [0, 0.05) is 32.2 Å². The lowest BCUT2D eigenvalue weighted by Gasteiger charge is -2.29. The quantitative estimate of drug-likeness (QED) is 0.839. The highest BCUT2D eigenvalue weighted by molar-refractivity contribution is 5.79. The Labute approximate surface area is 133 Å². The van der Waals surface area contributed by atoms with Crippen LogP contribution < -0.4 is 4.74 Å². The van der Waals surface area contributed by atoms with Crippen LogP contribution in [-0.4, -0.2) is 62.2 Å². The van der Waals surface area contributed by atoms with Crippen LogP contribution in [0.25, 0.3) is 0 Å². The third-order valence-corrected chi connectivity index (χ3v) is 4.58. The molecule has 0 unspecified atom stereocenters. The van der Waals surface area contributed by atoms with Crippen LogP contribution in [0, 0.1) is 17.6 Å². The summed E-state index contributed by atoms with van der Waals surface area (Å²) in [7, 11) is 3.19. The summed E-state index contributed by atoms with van der Waals surface area (Å²) in [6, 6.07) is 2.39. The summed E-state index contributed by atoms with van der Waals surface area (Å²) in [6.45, 7) is 2.02. The minimum Gasteiger partial charge on any atom is -0.496 e. The van der Waals surface area contributed by atoms with Crippen molar-refractivity contribution in [2.75, 3.05) is 40.5 Å². The van der Waals surface area contributed by atoms with Crippen molar-refractivity contribution in [1.82, 2.24) is 9.80 Å². The normalized spacial score (nSPS) is 25.4. The van der Waals surface area contributed by atoms with Gasteiger partial charge in [0.25, 0.3) is 0 Å². The Morgan fingerprint density at radius 1 is 1.30 bits per heavy atom. The third-order valence-electron chi connectivity index (χ3n) is 4.58. The Morgan fingerprint density at radius 2 is 2.09 bits per heavy atom. The summed E-state index contributed by atoms with van der Waals surface area (Å²) in [5, 5.41) is 0. The average Bonchev–Trinajstić information content (AvgIpc) is 2.71. The van der Waals surface area contributed by atoms with E-state index in [1.54, 1.807) is 11.9 Å². The van der Waals surface area contributed by atoms with Gasteiger partial charge < -0.3 is 14.4 Å². The van der Waals surface area contributed by atoms with Gasteiger partial charge in [0.05, 0.1) is 32.3 Å². The third kappa shape index (κ3) is 3.03. The fraction of sp³-hybridized carbons (Fsp3) is 0.562. The molecule has 126 valence electrons. The van der Waals surface area contributed by atoms with Crippen molar-refractivity contribution in [2.45, 2.75) is 12.6 Å². The number of likely N-dealkylation sites (N-methyl/N-ethyl adjacent to an activating group) is 1. The van der Waals surface area contributed by atoms with E-state index < -0.39 is 11.6 Å². The largest absolute Gasteiger partial charge is 0.496 e. The lowest BCUT2D eigenvalue weighted by Crippen LogP contribution is -2.43. The summed E-state index contributed by atoms with van der Waals surface area (Å²) in [5.74, 6) is -1.71. The Balaban J connectivity index is 1.87. The summed E-state index contributed by atoms with van der Waals surface area (Å²) in [5.41, 5.74) is 0.184. The molecule has 5 nitrogen and oxygen atoms in total. The van der Waals surface area contributed by atoms with E-state index in [-0.39, 0.29) is 30.0 Å². The molecule has 0 aliphatic carbocycles. The van der Waals surface area contributed by atoms with Gasteiger partial charge in [0.1, 0.15) is 5.75 Å². The van der Waals surface area contributed by atoms with Crippen molar-refractivity contribution in [2.24, 2.45) is 5.92 Å². The van der Waals surface area contributed by atoms with Crippen LogP contribution in [-0.2, 0) is 16.1 Å². The van der Waals surface area contributed by atoms with Gasteiger partial charge >= 0.3 is 0 Å². The minimum atomic E-state index is -0.896. The van der Waals surface area contributed by atoms with E-state index in [0.717, 1.165) is 6.07 Å². The molecule has 1 amide bonds. The summed E-state index contributed by atoms with van der Waals surface area (Å²) >= 11 is 0. The van der Waals surface area contributed by atoms with E-state index in [1.165, 1.54) is 13.2 Å². The molecule has 2 heterocycles. The number of hydrogen-bond donors (Lipinski definition) is 0. The van der Waals surface area contributed by atoms with Gasteiger partial charge in [-0.05, 0) is 12.1 Å². The number of methoxy groups -OCH3 is 1. The molecule has 2 saturated heterocycles. The Bertz CT molecular complexity index is 611. The number of halogens is 2. The number of carbonyl (C=O) groups excluding carboxylic acids is 1. The smallest absolute Gasteiger partial charge is 0.229 e. The van der Waals surface area contributed by atoms with Crippen LogP contribution in [0.4, 0.5) is 8.78 Å². The Morgan fingerprint density at radius 3 is 2.83 bits per heavy atom. The Kier molecular flexibility index (Phi) is 4.50. The molecule has 2 bridgehead atoms. The van der Waals surface area contributed by atoms with Crippen LogP contribution >= 0.6 is 0 Å². The van der Waals surface area contributed by atoms with Gasteiger partial charge in [0.2, 0.25) is 5.91 Å². The number of amides is 1. The number of benzene rings is 1. The van der Waals surface area contributed by atoms with Crippen molar-refractivity contribution in [3.8, 4) is 5.75 Å². The predicted octanol–water partition coefficient (Wildman–Crippen LogP) is 1.26. The van der Waals surface area contributed by atoms with Crippen molar-refractivity contribution in [1.29, 1.82) is 0 Å². The molecule has 2 atom stereocenters.